The van der Waals surface area contributed by atoms with Crippen molar-refractivity contribution in [3.63, 3.8) is 0 Å². The van der Waals surface area contributed by atoms with E-state index >= 15 is 0 Å². The molecule has 7 heteroatoms. The third-order valence-electron chi connectivity index (χ3n) is 3.19. The second-order valence-corrected chi connectivity index (χ2v) is 4.78. The van der Waals surface area contributed by atoms with Crippen LogP contribution in [-0.2, 0) is 25.6 Å². The molecule has 1 aromatic carbocycles. The Bertz CT molecular complexity index is 546. The van der Waals surface area contributed by atoms with Crippen LogP contribution in [-0.4, -0.2) is 46.6 Å². The van der Waals surface area contributed by atoms with Crippen LogP contribution >= 0.6 is 0 Å². The number of carboxylic acid groups (broad SMARTS) is 1. The lowest BCUT2D eigenvalue weighted by Gasteiger charge is -2.43. The van der Waals surface area contributed by atoms with Gasteiger partial charge in [-0.25, -0.2) is 9.86 Å². The number of hydrogen-bond donors (Lipinski definition) is 2. The zero-order chi connectivity index (χ0) is 15.4. The van der Waals surface area contributed by atoms with Crippen molar-refractivity contribution in [2.75, 3.05) is 6.61 Å². The van der Waals surface area contributed by atoms with E-state index in [1.807, 2.05) is 30.3 Å². The summed E-state index contributed by atoms with van der Waals surface area (Å²) in [7, 11) is 0. The highest BCUT2D eigenvalue weighted by atomic mass is 16.7. The maximum atomic E-state index is 11.9. The van der Waals surface area contributed by atoms with Gasteiger partial charge in [-0.2, -0.15) is 0 Å². The summed E-state index contributed by atoms with van der Waals surface area (Å²) >= 11 is 0. The lowest BCUT2D eigenvalue weighted by atomic mass is 9.99. The van der Waals surface area contributed by atoms with Crippen LogP contribution in [0.2, 0.25) is 0 Å². The monoisotopic (exact) mass is 292 g/mol. The van der Waals surface area contributed by atoms with E-state index in [0.29, 0.717) is 0 Å². The maximum absolute atomic E-state index is 11.9. The van der Waals surface area contributed by atoms with Gasteiger partial charge in [-0.15, -0.1) is 0 Å². The number of β-lactam (4-membered cyclic amide) rings is 1. The van der Waals surface area contributed by atoms with Gasteiger partial charge in [-0.3, -0.25) is 14.4 Å². The van der Waals surface area contributed by atoms with Crippen molar-refractivity contribution in [2.24, 2.45) is 0 Å². The summed E-state index contributed by atoms with van der Waals surface area (Å²) in [6.07, 6.45) is 0.188. The van der Waals surface area contributed by atoms with Crippen molar-refractivity contribution in [1.82, 2.24) is 10.4 Å². The molecule has 7 nitrogen and oxygen atoms in total. The zero-order valence-corrected chi connectivity index (χ0v) is 11.5. The van der Waals surface area contributed by atoms with Crippen LogP contribution in [0.15, 0.2) is 30.3 Å². The third-order valence-corrected chi connectivity index (χ3v) is 3.19. The third kappa shape index (κ3) is 3.57. The summed E-state index contributed by atoms with van der Waals surface area (Å²) in [6.45, 7) is 1.09. The molecule has 0 radical (unpaired) electrons. The first-order chi connectivity index (χ1) is 9.99. The van der Waals surface area contributed by atoms with E-state index in [0.717, 1.165) is 10.6 Å². The first kappa shape index (κ1) is 15.0. The molecule has 2 N–H and O–H groups in total. The van der Waals surface area contributed by atoms with Crippen LogP contribution in [0.5, 0.6) is 0 Å². The highest BCUT2D eigenvalue weighted by Crippen LogP contribution is 2.20. The van der Waals surface area contributed by atoms with Crippen molar-refractivity contribution in [3.05, 3.63) is 35.9 Å². The number of aliphatic carboxylic acids is 1. The fourth-order valence-corrected chi connectivity index (χ4v) is 2.09. The Labute approximate surface area is 121 Å². The van der Waals surface area contributed by atoms with E-state index in [9.17, 15) is 14.4 Å². The molecule has 1 aliphatic rings. The summed E-state index contributed by atoms with van der Waals surface area (Å²) in [5.74, 6) is -1.86. The van der Waals surface area contributed by atoms with Gasteiger partial charge in [-0.1, -0.05) is 30.3 Å². The van der Waals surface area contributed by atoms with Crippen molar-refractivity contribution in [2.45, 2.75) is 25.4 Å². The van der Waals surface area contributed by atoms with Gasteiger partial charge >= 0.3 is 5.97 Å². The molecule has 2 rings (SSSR count). The smallest absolute Gasteiger partial charge is 0.332 e. The summed E-state index contributed by atoms with van der Waals surface area (Å²) < 4.78 is 0. The topological polar surface area (TPSA) is 95.9 Å². The molecular weight excluding hydrogens is 276 g/mol. The van der Waals surface area contributed by atoms with Crippen molar-refractivity contribution in [1.29, 1.82) is 0 Å². The van der Waals surface area contributed by atoms with E-state index < -0.39 is 30.6 Å². The van der Waals surface area contributed by atoms with E-state index in [1.165, 1.54) is 0 Å². The van der Waals surface area contributed by atoms with Crippen LogP contribution in [0.4, 0.5) is 0 Å². The van der Waals surface area contributed by atoms with Crippen molar-refractivity contribution < 1.29 is 24.3 Å². The molecule has 0 aliphatic carbocycles. The Morgan fingerprint density at radius 2 is 2.00 bits per heavy atom. The quantitative estimate of drug-likeness (QED) is 0.717. The maximum Gasteiger partial charge on any atom is 0.332 e. The number of nitrogens with one attached hydrogen (secondary N) is 1. The van der Waals surface area contributed by atoms with Crippen LogP contribution < -0.4 is 5.32 Å². The van der Waals surface area contributed by atoms with Crippen molar-refractivity contribution >= 4 is 17.8 Å². The number of nitrogens with zero attached hydrogens (tertiary/aromatic N) is 1. The number of carboxylic acids is 1. The molecule has 0 aromatic heterocycles. The Kier molecular flexibility index (Phi) is 4.54. The van der Waals surface area contributed by atoms with E-state index in [-0.39, 0.29) is 12.3 Å². The van der Waals surface area contributed by atoms with Gasteiger partial charge in [0.2, 0.25) is 5.91 Å². The molecule has 2 unspecified atom stereocenters. The molecule has 0 bridgehead atoms. The Balaban J connectivity index is 1.83. The Morgan fingerprint density at radius 1 is 1.33 bits per heavy atom. The zero-order valence-electron chi connectivity index (χ0n) is 11.5. The SMILES string of the molecule is CC1C(NC(=O)Cc2ccccc2)C(=O)N1OCC(=O)O. The lowest BCUT2D eigenvalue weighted by Crippen LogP contribution is -2.69. The molecule has 2 atom stereocenters. The van der Waals surface area contributed by atoms with Gasteiger partial charge in [0.1, 0.15) is 6.04 Å². The van der Waals surface area contributed by atoms with E-state index in [1.54, 1.807) is 6.92 Å². The molecule has 2 amide bonds. The predicted octanol–water partition coefficient (Wildman–Crippen LogP) is -0.0392. The summed E-state index contributed by atoms with van der Waals surface area (Å²) in [6, 6.07) is 8.12. The standard InChI is InChI=1S/C14H16N2O5/c1-9-13(14(20)16(9)21-8-12(18)19)15-11(17)7-10-5-3-2-4-6-10/h2-6,9,13H,7-8H2,1H3,(H,15,17)(H,18,19). The first-order valence-electron chi connectivity index (χ1n) is 6.50. The van der Waals surface area contributed by atoms with Crippen LogP contribution in [0, 0.1) is 0 Å². The highest BCUT2D eigenvalue weighted by Gasteiger charge is 2.46. The minimum absolute atomic E-state index is 0.188. The molecule has 1 aromatic rings. The number of benzene rings is 1. The minimum atomic E-state index is -1.16. The molecule has 1 saturated heterocycles. The molecule has 1 fully saturated rings. The minimum Gasteiger partial charge on any atom is -0.479 e. The summed E-state index contributed by atoms with van der Waals surface area (Å²) in [4.78, 5) is 38.8. The van der Waals surface area contributed by atoms with Crippen molar-refractivity contribution in [3.8, 4) is 0 Å². The molecule has 0 saturated carbocycles. The fourth-order valence-electron chi connectivity index (χ4n) is 2.09. The van der Waals surface area contributed by atoms with E-state index in [2.05, 4.69) is 5.32 Å². The van der Waals surface area contributed by atoms with Gasteiger partial charge in [0.15, 0.2) is 6.61 Å². The van der Waals surface area contributed by atoms with Crippen LogP contribution in [0.25, 0.3) is 0 Å². The molecule has 21 heavy (non-hydrogen) atoms. The number of amides is 2. The van der Waals surface area contributed by atoms with Gasteiger partial charge in [0, 0.05) is 0 Å². The fraction of sp³-hybridized carbons (Fsp3) is 0.357. The number of hydroxylamine groups is 2. The number of carbonyl (C=O) groups is 3. The number of hydrogen-bond acceptors (Lipinski definition) is 4. The number of rotatable bonds is 6. The second kappa shape index (κ2) is 6.36. The molecule has 0 spiro atoms. The largest absolute Gasteiger partial charge is 0.479 e. The molecule has 1 heterocycles. The Morgan fingerprint density at radius 3 is 2.57 bits per heavy atom. The second-order valence-electron chi connectivity index (χ2n) is 4.78. The molecule has 112 valence electrons. The first-order valence-corrected chi connectivity index (χ1v) is 6.50. The van der Waals surface area contributed by atoms with E-state index in [4.69, 9.17) is 9.94 Å². The lowest BCUT2D eigenvalue weighted by molar-refractivity contribution is -0.233. The summed E-state index contributed by atoms with van der Waals surface area (Å²) in [5, 5.41) is 12.1. The van der Waals surface area contributed by atoms with Gasteiger partial charge < -0.3 is 10.4 Å². The average Bonchev–Trinajstić information content (AvgIpc) is 2.45. The van der Waals surface area contributed by atoms with Crippen LogP contribution in [0.1, 0.15) is 12.5 Å². The Hall–Kier alpha value is -2.41. The molecule has 1 aliphatic heterocycles. The summed E-state index contributed by atoms with van der Waals surface area (Å²) in [5.41, 5.74) is 0.855. The predicted molar refractivity (Wildman–Crippen MR) is 72.0 cm³/mol. The average molecular weight is 292 g/mol. The normalized spacial score (nSPS) is 20.8. The van der Waals surface area contributed by atoms with Gasteiger partial charge in [0.25, 0.3) is 5.91 Å². The number of carbonyl (C=O) groups excluding carboxylic acids is 2. The highest BCUT2D eigenvalue weighted by molar-refractivity contribution is 5.93. The van der Waals surface area contributed by atoms with Gasteiger partial charge in [-0.05, 0) is 12.5 Å². The van der Waals surface area contributed by atoms with Crippen LogP contribution in [0.3, 0.4) is 0 Å². The molecular formula is C14H16N2O5. The van der Waals surface area contributed by atoms with Gasteiger partial charge in [0.05, 0.1) is 12.5 Å².